The molecule has 0 fully saturated rings. The van der Waals surface area contributed by atoms with Crippen LogP contribution in [0.2, 0.25) is 0 Å². The van der Waals surface area contributed by atoms with E-state index >= 15 is 0 Å². The zero-order valence-electron chi connectivity index (χ0n) is 14.6. The van der Waals surface area contributed by atoms with Gasteiger partial charge in [-0.1, -0.05) is 12.1 Å². The second-order valence-corrected chi connectivity index (χ2v) is 7.22. The molecule has 3 rings (SSSR count). The van der Waals surface area contributed by atoms with E-state index in [4.69, 9.17) is 4.74 Å². The molecule has 0 spiro atoms. The Morgan fingerprint density at radius 1 is 1.15 bits per heavy atom. The number of ether oxygens (including phenoxy) is 1. The highest BCUT2D eigenvalue weighted by Gasteiger charge is 2.18. The molecule has 0 amide bonds. The van der Waals surface area contributed by atoms with Crippen molar-refractivity contribution < 1.29 is 13.2 Å². The predicted molar refractivity (Wildman–Crippen MR) is 98.4 cm³/mol. The first kappa shape index (κ1) is 18.8. The highest BCUT2D eigenvalue weighted by atomic mass is 32.2. The van der Waals surface area contributed by atoms with Gasteiger partial charge in [-0.2, -0.15) is 5.10 Å². The Morgan fingerprint density at radius 2 is 1.96 bits per heavy atom. The minimum absolute atomic E-state index is 0.00173. The SMILES string of the molecule is CCOc1ccccc1S(=O)(=O)NCCn1nc(-n2cccn2)ccc1=O. The van der Waals surface area contributed by atoms with E-state index in [1.165, 1.54) is 21.5 Å². The predicted octanol–water partition coefficient (Wildman–Crippen LogP) is 0.806. The van der Waals surface area contributed by atoms with Gasteiger partial charge in [0.2, 0.25) is 10.0 Å². The van der Waals surface area contributed by atoms with E-state index in [1.807, 2.05) is 0 Å². The molecular formula is C17H19N5O4S. The molecule has 142 valence electrons. The van der Waals surface area contributed by atoms with Crippen LogP contribution in [0.3, 0.4) is 0 Å². The largest absolute Gasteiger partial charge is 0.492 e. The molecule has 0 bridgehead atoms. The van der Waals surface area contributed by atoms with Gasteiger partial charge in [-0.05, 0) is 31.2 Å². The van der Waals surface area contributed by atoms with Crippen LogP contribution in [0, 0.1) is 0 Å². The molecule has 9 nitrogen and oxygen atoms in total. The molecule has 2 aromatic heterocycles. The van der Waals surface area contributed by atoms with Gasteiger partial charge in [0.05, 0.1) is 13.2 Å². The van der Waals surface area contributed by atoms with Crippen LogP contribution >= 0.6 is 0 Å². The van der Waals surface area contributed by atoms with Crippen molar-refractivity contribution in [2.45, 2.75) is 18.4 Å². The zero-order chi connectivity index (χ0) is 19.3. The van der Waals surface area contributed by atoms with Crippen LogP contribution in [0.25, 0.3) is 5.82 Å². The molecule has 0 saturated heterocycles. The summed E-state index contributed by atoms with van der Waals surface area (Å²) >= 11 is 0. The monoisotopic (exact) mass is 389 g/mol. The van der Waals surface area contributed by atoms with Crippen molar-refractivity contribution in [1.82, 2.24) is 24.3 Å². The molecular weight excluding hydrogens is 370 g/mol. The molecule has 2 heterocycles. The fourth-order valence-corrected chi connectivity index (χ4v) is 3.60. The molecule has 3 aromatic rings. The third-order valence-corrected chi connectivity index (χ3v) is 5.15. The maximum absolute atomic E-state index is 12.5. The lowest BCUT2D eigenvalue weighted by Gasteiger charge is -2.12. The van der Waals surface area contributed by atoms with Crippen molar-refractivity contribution in [2.24, 2.45) is 0 Å². The normalized spacial score (nSPS) is 11.4. The number of aromatic nitrogens is 4. The van der Waals surface area contributed by atoms with Gasteiger partial charge >= 0.3 is 0 Å². The van der Waals surface area contributed by atoms with Crippen molar-refractivity contribution in [3.8, 4) is 11.6 Å². The summed E-state index contributed by atoms with van der Waals surface area (Å²) in [5, 5.41) is 8.26. The number of nitrogens with zero attached hydrogens (tertiary/aromatic N) is 4. The number of para-hydroxylation sites is 1. The molecule has 0 aliphatic carbocycles. The fraction of sp³-hybridized carbons (Fsp3) is 0.235. The van der Waals surface area contributed by atoms with Crippen LogP contribution in [0.5, 0.6) is 5.75 Å². The van der Waals surface area contributed by atoms with Crippen molar-refractivity contribution in [2.75, 3.05) is 13.2 Å². The molecule has 1 aromatic carbocycles. The van der Waals surface area contributed by atoms with E-state index in [2.05, 4.69) is 14.9 Å². The summed E-state index contributed by atoms with van der Waals surface area (Å²) in [6.07, 6.45) is 3.30. The molecule has 1 N–H and O–H groups in total. The summed E-state index contributed by atoms with van der Waals surface area (Å²) < 4.78 is 35.6. The molecule has 0 aliphatic rings. The third-order valence-electron chi connectivity index (χ3n) is 3.65. The molecule has 10 heteroatoms. The minimum atomic E-state index is -3.79. The van der Waals surface area contributed by atoms with E-state index < -0.39 is 10.0 Å². The lowest BCUT2D eigenvalue weighted by molar-refractivity contribution is 0.331. The lowest BCUT2D eigenvalue weighted by Crippen LogP contribution is -2.32. The number of sulfonamides is 1. The van der Waals surface area contributed by atoms with Crippen LogP contribution in [-0.4, -0.2) is 41.1 Å². The van der Waals surface area contributed by atoms with Gasteiger partial charge in [0.15, 0.2) is 5.82 Å². The standard InChI is InChI=1S/C17H19N5O4S/c1-2-26-14-6-3-4-7-15(14)27(24,25)19-11-13-22-17(23)9-8-16(20-22)21-12-5-10-18-21/h3-10,12,19H,2,11,13H2,1H3. The summed E-state index contributed by atoms with van der Waals surface area (Å²) in [5.74, 6) is 0.743. The zero-order valence-corrected chi connectivity index (χ0v) is 15.5. The average Bonchev–Trinajstić information content (AvgIpc) is 3.18. The van der Waals surface area contributed by atoms with Gasteiger partial charge in [0.1, 0.15) is 10.6 Å². The summed E-state index contributed by atoms with van der Waals surface area (Å²) in [6.45, 7) is 2.20. The van der Waals surface area contributed by atoms with E-state index in [9.17, 15) is 13.2 Å². The van der Waals surface area contributed by atoms with Gasteiger partial charge in [0, 0.05) is 25.0 Å². The third kappa shape index (κ3) is 4.41. The van der Waals surface area contributed by atoms with Gasteiger partial charge in [-0.25, -0.2) is 22.5 Å². The van der Waals surface area contributed by atoms with Crippen molar-refractivity contribution in [3.05, 3.63) is 65.2 Å². The van der Waals surface area contributed by atoms with Crippen LogP contribution in [0.1, 0.15) is 6.92 Å². The smallest absolute Gasteiger partial charge is 0.266 e. The first-order chi connectivity index (χ1) is 13.0. The number of hydrogen-bond donors (Lipinski definition) is 1. The Bertz CT molecular complexity index is 1060. The van der Waals surface area contributed by atoms with E-state index in [-0.39, 0.29) is 29.3 Å². The number of rotatable bonds is 8. The highest BCUT2D eigenvalue weighted by Crippen LogP contribution is 2.22. The summed E-state index contributed by atoms with van der Waals surface area (Å²) in [4.78, 5) is 12.0. The molecule has 0 atom stereocenters. The summed E-state index contributed by atoms with van der Waals surface area (Å²) in [6, 6.07) is 11.0. The Morgan fingerprint density at radius 3 is 2.70 bits per heavy atom. The number of hydrogen-bond acceptors (Lipinski definition) is 6. The van der Waals surface area contributed by atoms with Crippen molar-refractivity contribution in [1.29, 1.82) is 0 Å². The maximum Gasteiger partial charge on any atom is 0.266 e. The van der Waals surface area contributed by atoms with Crippen LogP contribution in [-0.2, 0) is 16.6 Å². The van der Waals surface area contributed by atoms with Gasteiger partial charge in [0.25, 0.3) is 5.56 Å². The maximum atomic E-state index is 12.5. The van der Waals surface area contributed by atoms with Gasteiger partial charge < -0.3 is 4.74 Å². The van der Waals surface area contributed by atoms with Crippen molar-refractivity contribution in [3.63, 3.8) is 0 Å². The first-order valence-electron chi connectivity index (χ1n) is 8.31. The molecule has 0 unspecified atom stereocenters. The molecule has 0 radical (unpaired) electrons. The molecule has 27 heavy (non-hydrogen) atoms. The van der Waals surface area contributed by atoms with Gasteiger partial charge in [-0.15, -0.1) is 5.10 Å². The number of benzene rings is 1. The number of nitrogens with one attached hydrogen (secondary N) is 1. The van der Waals surface area contributed by atoms with Gasteiger partial charge in [-0.3, -0.25) is 4.79 Å². The fourth-order valence-electron chi connectivity index (χ4n) is 2.44. The quantitative estimate of drug-likeness (QED) is 0.611. The topological polar surface area (TPSA) is 108 Å². The Kier molecular flexibility index (Phi) is 5.67. The lowest BCUT2D eigenvalue weighted by atomic mass is 10.3. The minimum Gasteiger partial charge on any atom is -0.492 e. The van der Waals surface area contributed by atoms with Crippen molar-refractivity contribution >= 4 is 10.0 Å². The van der Waals surface area contributed by atoms with E-state index in [1.54, 1.807) is 49.6 Å². The molecule has 0 aliphatic heterocycles. The average molecular weight is 389 g/mol. The van der Waals surface area contributed by atoms with Crippen LogP contribution in [0.4, 0.5) is 0 Å². The summed E-state index contributed by atoms with van der Waals surface area (Å²) in [5.41, 5.74) is -0.333. The van der Waals surface area contributed by atoms with E-state index in [0.717, 1.165) is 0 Å². The first-order valence-corrected chi connectivity index (χ1v) is 9.79. The molecule has 0 saturated carbocycles. The van der Waals surface area contributed by atoms with E-state index in [0.29, 0.717) is 12.4 Å². The highest BCUT2D eigenvalue weighted by molar-refractivity contribution is 7.89. The summed E-state index contributed by atoms with van der Waals surface area (Å²) in [7, 11) is -3.79. The van der Waals surface area contributed by atoms with Crippen LogP contribution < -0.4 is 15.0 Å². The van der Waals surface area contributed by atoms with Crippen LogP contribution in [0.15, 0.2) is 64.5 Å². The Labute approximate surface area is 156 Å². The second kappa shape index (κ2) is 8.14. The Balaban J connectivity index is 1.73. The Hall–Kier alpha value is -2.98. The second-order valence-electron chi connectivity index (χ2n) is 5.48.